The van der Waals surface area contributed by atoms with E-state index in [0.717, 1.165) is 49.4 Å². The van der Waals surface area contributed by atoms with Crippen LogP contribution >= 0.6 is 0 Å². The molecule has 1 aliphatic rings. The van der Waals surface area contributed by atoms with Crippen LogP contribution in [0.25, 0.3) is 28.1 Å². The average molecular weight is 442 g/mol. The van der Waals surface area contributed by atoms with Crippen LogP contribution in [0.15, 0.2) is 55.0 Å². The monoisotopic (exact) mass is 442 g/mol. The number of hydrogen-bond acceptors (Lipinski definition) is 6. The Bertz CT molecular complexity index is 1440. The highest BCUT2D eigenvalue weighted by molar-refractivity contribution is 6.09. The van der Waals surface area contributed by atoms with Crippen LogP contribution in [0.4, 0.5) is 5.69 Å². The third-order valence-corrected chi connectivity index (χ3v) is 5.85. The van der Waals surface area contributed by atoms with Gasteiger partial charge in [-0.1, -0.05) is 12.1 Å². The zero-order valence-corrected chi connectivity index (χ0v) is 17.8. The molecule has 5 aromatic rings. The molecule has 3 N–H and O–H groups in total. The Balaban J connectivity index is 1.25. The summed E-state index contributed by atoms with van der Waals surface area (Å²) in [6.07, 6.45) is 4.94. The number of ether oxygens (including phenoxy) is 1. The second-order valence-electron chi connectivity index (χ2n) is 8.03. The van der Waals surface area contributed by atoms with Gasteiger partial charge in [-0.05, 0) is 29.8 Å². The number of aromatic nitrogens is 6. The summed E-state index contributed by atoms with van der Waals surface area (Å²) in [5.41, 5.74) is 5.38. The van der Waals surface area contributed by atoms with E-state index in [1.807, 2.05) is 24.3 Å². The van der Waals surface area contributed by atoms with Crippen molar-refractivity contribution in [2.24, 2.45) is 0 Å². The van der Waals surface area contributed by atoms with Gasteiger partial charge in [0, 0.05) is 25.8 Å². The van der Waals surface area contributed by atoms with Gasteiger partial charge in [0.05, 0.1) is 53.4 Å². The van der Waals surface area contributed by atoms with Crippen LogP contribution in [0, 0.1) is 0 Å². The minimum atomic E-state index is -0.261. The quantitative estimate of drug-likeness (QED) is 0.385. The van der Waals surface area contributed by atoms with Gasteiger partial charge in [-0.15, -0.1) is 0 Å². The summed E-state index contributed by atoms with van der Waals surface area (Å²) in [6.45, 7) is 4.31. The summed E-state index contributed by atoms with van der Waals surface area (Å²) >= 11 is 0. The van der Waals surface area contributed by atoms with Crippen molar-refractivity contribution in [1.82, 2.24) is 34.7 Å². The smallest absolute Gasteiger partial charge is 0.259 e. The minimum Gasteiger partial charge on any atom is -0.379 e. The van der Waals surface area contributed by atoms with E-state index in [1.165, 1.54) is 5.56 Å². The first-order valence-corrected chi connectivity index (χ1v) is 10.8. The van der Waals surface area contributed by atoms with Crippen molar-refractivity contribution in [3.05, 3.63) is 66.1 Å². The first kappa shape index (κ1) is 19.6. The lowest BCUT2D eigenvalue weighted by Gasteiger charge is -2.26. The molecular weight excluding hydrogens is 420 g/mol. The molecule has 166 valence electrons. The van der Waals surface area contributed by atoms with Crippen molar-refractivity contribution in [3.63, 3.8) is 0 Å². The lowest BCUT2D eigenvalue weighted by molar-refractivity contribution is 0.0342. The first-order valence-electron chi connectivity index (χ1n) is 10.8. The Hall–Kier alpha value is -4.02. The van der Waals surface area contributed by atoms with Crippen molar-refractivity contribution in [2.45, 2.75) is 6.54 Å². The van der Waals surface area contributed by atoms with Crippen molar-refractivity contribution in [3.8, 4) is 11.5 Å². The fourth-order valence-electron chi connectivity index (χ4n) is 4.15. The van der Waals surface area contributed by atoms with E-state index >= 15 is 0 Å². The zero-order valence-electron chi connectivity index (χ0n) is 17.8. The van der Waals surface area contributed by atoms with Gasteiger partial charge in [-0.2, -0.15) is 10.2 Å². The van der Waals surface area contributed by atoms with E-state index in [4.69, 9.17) is 9.72 Å². The molecule has 0 radical (unpaired) electrons. The number of benzene rings is 1. The average Bonchev–Trinajstić information content (AvgIpc) is 3.57. The molecule has 1 amide bonds. The lowest BCUT2D eigenvalue weighted by Crippen LogP contribution is -2.35. The van der Waals surface area contributed by atoms with Crippen LogP contribution in [0.2, 0.25) is 0 Å². The van der Waals surface area contributed by atoms with Crippen molar-refractivity contribution < 1.29 is 9.53 Å². The second kappa shape index (κ2) is 8.15. The van der Waals surface area contributed by atoms with Gasteiger partial charge in [0.1, 0.15) is 5.69 Å². The summed E-state index contributed by atoms with van der Waals surface area (Å²) in [7, 11) is 0. The SMILES string of the molecule is O=C(Nc1cn[nH]c1-c1nc2ccc(CN3CCOCC3)cc2[nH]1)c1cnn2ccccc12. The summed E-state index contributed by atoms with van der Waals surface area (Å²) in [5, 5.41) is 14.2. The van der Waals surface area contributed by atoms with Gasteiger partial charge in [0.15, 0.2) is 5.82 Å². The molecule has 4 aromatic heterocycles. The largest absolute Gasteiger partial charge is 0.379 e. The van der Waals surface area contributed by atoms with Crippen LogP contribution < -0.4 is 5.32 Å². The topological polar surface area (TPSA) is 116 Å². The predicted molar refractivity (Wildman–Crippen MR) is 123 cm³/mol. The number of nitrogens with zero attached hydrogens (tertiary/aromatic N) is 5. The number of imidazole rings is 1. The molecule has 5 heterocycles. The number of aromatic amines is 2. The maximum absolute atomic E-state index is 12.9. The minimum absolute atomic E-state index is 0.261. The van der Waals surface area contributed by atoms with Crippen molar-refractivity contribution in [2.75, 3.05) is 31.6 Å². The number of hydrogen-bond donors (Lipinski definition) is 3. The van der Waals surface area contributed by atoms with Gasteiger partial charge in [-0.25, -0.2) is 9.50 Å². The maximum Gasteiger partial charge on any atom is 0.259 e. The number of nitrogens with one attached hydrogen (secondary N) is 3. The van der Waals surface area contributed by atoms with Gasteiger partial charge >= 0.3 is 0 Å². The van der Waals surface area contributed by atoms with Crippen LogP contribution in [-0.4, -0.2) is 66.9 Å². The van der Waals surface area contributed by atoms with Gasteiger partial charge in [-0.3, -0.25) is 14.8 Å². The number of anilines is 1. The predicted octanol–water partition coefficient (Wildman–Crippen LogP) is 2.69. The molecule has 0 atom stereocenters. The Kier molecular flexibility index (Phi) is 4.85. The number of rotatable bonds is 5. The molecule has 0 unspecified atom stereocenters. The molecule has 1 saturated heterocycles. The van der Waals surface area contributed by atoms with Gasteiger partial charge in [0.2, 0.25) is 0 Å². The van der Waals surface area contributed by atoms with Crippen LogP contribution in [0.3, 0.4) is 0 Å². The number of pyridine rings is 1. The zero-order chi connectivity index (χ0) is 22.2. The fourth-order valence-corrected chi connectivity index (χ4v) is 4.15. The van der Waals surface area contributed by atoms with Crippen molar-refractivity contribution >= 4 is 28.1 Å². The maximum atomic E-state index is 12.9. The third kappa shape index (κ3) is 3.75. The molecule has 10 nitrogen and oxygen atoms in total. The van der Waals surface area contributed by atoms with E-state index in [-0.39, 0.29) is 5.91 Å². The van der Waals surface area contributed by atoms with Crippen LogP contribution in [0.5, 0.6) is 0 Å². The molecule has 1 fully saturated rings. The molecule has 0 aliphatic carbocycles. The molecule has 0 spiro atoms. The lowest BCUT2D eigenvalue weighted by atomic mass is 10.2. The molecule has 6 rings (SSSR count). The molecule has 33 heavy (non-hydrogen) atoms. The van der Waals surface area contributed by atoms with Crippen LogP contribution in [0.1, 0.15) is 15.9 Å². The van der Waals surface area contributed by atoms with E-state index in [2.05, 4.69) is 42.6 Å². The van der Waals surface area contributed by atoms with E-state index < -0.39 is 0 Å². The summed E-state index contributed by atoms with van der Waals surface area (Å²) in [6, 6.07) is 11.8. The number of carbonyl (C=O) groups is 1. The first-order chi connectivity index (χ1) is 16.2. The third-order valence-electron chi connectivity index (χ3n) is 5.85. The number of carbonyl (C=O) groups excluding carboxylic acids is 1. The van der Waals surface area contributed by atoms with Gasteiger partial charge in [0.25, 0.3) is 5.91 Å². The number of H-pyrrole nitrogens is 2. The molecule has 1 aromatic carbocycles. The Morgan fingerprint density at radius 3 is 2.97 bits per heavy atom. The van der Waals surface area contributed by atoms with E-state index in [9.17, 15) is 4.79 Å². The van der Waals surface area contributed by atoms with E-state index in [1.54, 1.807) is 23.1 Å². The normalized spacial score (nSPS) is 14.8. The van der Waals surface area contributed by atoms with Gasteiger partial charge < -0.3 is 15.0 Å². The number of morpholine rings is 1. The Labute approximate surface area is 188 Å². The molecular formula is C23H22N8O2. The second-order valence-corrected chi connectivity index (χ2v) is 8.03. The highest BCUT2D eigenvalue weighted by Crippen LogP contribution is 2.27. The molecule has 10 heteroatoms. The Morgan fingerprint density at radius 1 is 1.15 bits per heavy atom. The Morgan fingerprint density at radius 2 is 2.06 bits per heavy atom. The molecule has 0 saturated carbocycles. The molecule has 1 aliphatic heterocycles. The fraction of sp³-hybridized carbons (Fsp3) is 0.217. The number of fused-ring (bicyclic) bond motifs is 2. The van der Waals surface area contributed by atoms with E-state index in [0.29, 0.717) is 22.8 Å². The van der Waals surface area contributed by atoms with Crippen molar-refractivity contribution in [1.29, 1.82) is 0 Å². The number of amides is 1. The highest BCUT2D eigenvalue weighted by Gasteiger charge is 2.18. The standard InChI is InChI=1S/C23H22N8O2/c32-23(16-12-25-31-6-2-1-3-20(16)31)28-19-13-24-29-21(19)22-26-17-5-4-15(11-18(17)27-22)14-30-7-9-33-10-8-30/h1-6,11-13H,7-10,14H2,(H,24,29)(H,26,27)(H,28,32). The molecule has 0 bridgehead atoms. The highest BCUT2D eigenvalue weighted by atomic mass is 16.5. The summed E-state index contributed by atoms with van der Waals surface area (Å²) in [4.78, 5) is 23.4. The van der Waals surface area contributed by atoms with Crippen LogP contribution in [-0.2, 0) is 11.3 Å². The summed E-state index contributed by atoms with van der Waals surface area (Å²) < 4.78 is 7.10. The summed E-state index contributed by atoms with van der Waals surface area (Å²) in [5.74, 6) is 0.351.